The summed E-state index contributed by atoms with van der Waals surface area (Å²) in [5.41, 5.74) is 4.01. The average molecular weight is 356 g/mol. The van der Waals surface area contributed by atoms with Gasteiger partial charge in [0.15, 0.2) is 0 Å². The Bertz CT molecular complexity index is 1070. The zero-order valence-electron chi connectivity index (χ0n) is 15.0. The third kappa shape index (κ3) is 2.52. The lowest BCUT2D eigenvalue weighted by Crippen LogP contribution is -2.31. The number of hydrogen-bond donors (Lipinski definition) is 0. The van der Waals surface area contributed by atoms with Crippen LogP contribution in [0.25, 0.3) is 10.8 Å². The van der Waals surface area contributed by atoms with Crippen LogP contribution in [-0.2, 0) is 11.2 Å². The molecule has 2 amide bonds. The first-order valence-corrected chi connectivity index (χ1v) is 9.46. The van der Waals surface area contributed by atoms with Crippen molar-refractivity contribution in [2.45, 2.75) is 19.3 Å². The van der Waals surface area contributed by atoms with Crippen molar-refractivity contribution < 1.29 is 9.59 Å². The van der Waals surface area contributed by atoms with Crippen molar-refractivity contribution in [3.63, 3.8) is 0 Å². The fourth-order valence-electron chi connectivity index (χ4n) is 4.32. The van der Waals surface area contributed by atoms with Crippen molar-refractivity contribution in [3.8, 4) is 0 Å². The Morgan fingerprint density at radius 1 is 0.926 bits per heavy atom. The van der Waals surface area contributed by atoms with Gasteiger partial charge in [0.1, 0.15) is 0 Å². The van der Waals surface area contributed by atoms with Crippen LogP contribution in [-0.4, -0.2) is 24.9 Å². The molecule has 2 heterocycles. The average Bonchev–Trinajstić information content (AvgIpc) is 3.24. The van der Waals surface area contributed by atoms with Crippen LogP contribution >= 0.6 is 0 Å². The van der Waals surface area contributed by atoms with Gasteiger partial charge in [-0.15, -0.1) is 0 Å². The molecule has 0 aromatic heterocycles. The molecule has 0 saturated heterocycles. The van der Waals surface area contributed by atoms with Crippen LogP contribution in [0.3, 0.4) is 0 Å². The Labute approximate surface area is 158 Å². The summed E-state index contributed by atoms with van der Waals surface area (Å²) in [6.45, 7) is 1.32. The number of fused-ring (bicyclic) bond motifs is 1. The van der Waals surface area contributed by atoms with Crippen molar-refractivity contribution in [1.82, 2.24) is 0 Å². The number of anilines is 2. The zero-order valence-corrected chi connectivity index (χ0v) is 15.0. The minimum Gasteiger partial charge on any atom is -0.312 e. The Hall–Kier alpha value is -3.14. The minimum absolute atomic E-state index is 0.0424. The Balaban J connectivity index is 1.29. The van der Waals surface area contributed by atoms with E-state index in [0.29, 0.717) is 19.4 Å². The summed E-state index contributed by atoms with van der Waals surface area (Å²) in [6.07, 6.45) is 2.03. The van der Waals surface area contributed by atoms with Crippen LogP contribution in [0.2, 0.25) is 0 Å². The van der Waals surface area contributed by atoms with Gasteiger partial charge in [-0.25, -0.2) is 0 Å². The molecule has 0 unspecified atom stereocenters. The molecule has 2 aliphatic heterocycles. The number of benzene rings is 3. The maximum absolute atomic E-state index is 12.8. The first-order chi connectivity index (χ1) is 13.2. The molecular formula is C23H20N2O2. The first-order valence-electron chi connectivity index (χ1n) is 9.46. The molecule has 134 valence electrons. The van der Waals surface area contributed by atoms with Gasteiger partial charge >= 0.3 is 0 Å². The lowest BCUT2D eigenvalue weighted by Gasteiger charge is -2.20. The number of carbonyl (C=O) groups excluding carboxylic acids is 2. The molecule has 0 atom stereocenters. The molecule has 4 nitrogen and oxygen atoms in total. The van der Waals surface area contributed by atoms with Crippen molar-refractivity contribution in [2.75, 3.05) is 22.9 Å². The molecule has 5 rings (SSSR count). The lowest BCUT2D eigenvalue weighted by atomic mass is 10.1. The topological polar surface area (TPSA) is 40.6 Å². The molecule has 0 saturated carbocycles. The van der Waals surface area contributed by atoms with Crippen molar-refractivity contribution >= 4 is 34.0 Å². The molecule has 0 N–H and O–H groups in total. The molecule has 4 heteroatoms. The largest absolute Gasteiger partial charge is 0.312 e. The van der Waals surface area contributed by atoms with Crippen LogP contribution in [0, 0.1) is 0 Å². The monoisotopic (exact) mass is 356 g/mol. The number of amides is 2. The zero-order chi connectivity index (χ0) is 18.4. The Morgan fingerprint density at radius 2 is 1.70 bits per heavy atom. The summed E-state index contributed by atoms with van der Waals surface area (Å²) in [5, 5.41) is 2.12. The second-order valence-electron chi connectivity index (χ2n) is 7.17. The normalized spacial score (nSPS) is 14.9. The first kappa shape index (κ1) is 16.1. The molecule has 2 aliphatic rings. The van der Waals surface area contributed by atoms with E-state index in [4.69, 9.17) is 0 Å². The van der Waals surface area contributed by atoms with E-state index in [-0.39, 0.29) is 11.8 Å². The van der Waals surface area contributed by atoms with Gasteiger partial charge in [-0.1, -0.05) is 42.5 Å². The summed E-state index contributed by atoms with van der Waals surface area (Å²) in [5.74, 6) is 0.183. The SMILES string of the molecule is O=C(CCCN1C(=O)c2cccc3cccc1c23)N1CCc2ccccc21. The summed E-state index contributed by atoms with van der Waals surface area (Å²) >= 11 is 0. The number of nitrogens with zero attached hydrogens (tertiary/aromatic N) is 2. The van der Waals surface area contributed by atoms with Crippen molar-refractivity contribution in [2.24, 2.45) is 0 Å². The van der Waals surface area contributed by atoms with Gasteiger partial charge in [0, 0.05) is 36.1 Å². The fourth-order valence-corrected chi connectivity index (χ4v) is 4.32. The van der Waals surface area contributed by atoms with Crippen molar-refractivity contribution in [3.05, 3.63) is 71.8 Å². The van der Waals surface area contributed by atoms with E-state index in [9.17, 15) is 9.59 Å². The van der Waals surface area contributed by atoms with E-state index in [0.717, 1.165) is 40.7 Å². The van der Waals surface area contributed by atoms with Crippen LogP contribution in [0.1, 0.15) is 28.8 Å². The summed E-state index contributed by atoms with van der Waals surface area (Å²) < 4.78 is 0. The third-order valence-corrected chi connectivity index (χ3v) is 5.61. The van der Waals surface area contributed by atoms with Gasteiger partial charge in [-0.2, -0.15) is 0 Å². The molecule has 0 spiro atoms. The van der Waals surface area contributed by atoms with E-state index >= 15 is 0 Å². The fraction of sp³-hybridized carbons (Fsp3) is 0.217. The van der Waals surface area contributed by atoms with Crippen LogP contribution in [0.15, 0.2) is 60.7 Å². The highest BCUT2D eigenvalue weighted by Gasteiger charge is 2.29. The molecule has 0 aliphatic carbocycles. The van der Waals surface area contributed by atoms with Gasteiger partial charge < -0.3 is 9.80 Å². The van der Waals surface area contributed by atoms with Crippen molar-refractivity contribution in [1.29, 1.82) is 0 Å². The van der Waals surface area contributed by atoms with Crippen LogP contribution in [0.4, 0.5) is 11.4 Å². The number of rotatable bonds is 4. The van der Waals surface area contributed by atoms with E-state index in [1.807, 2.05) is 64.4 Å². The Morgan fingerprint density at radius 3 is 2.59 bits per heavy atom. The number of carbonyl (C=O) groups is 2. The van der Waals surface area contributed by atoms with Gasteiger partial charge in [-0.05, 0) is 42.0 Å². The highest BCUT2D eigenvalue weighted by molar-refractivity contribution is 6.25. The van der Waals surface area contributed by atoms with Gasteiger partial charge in [0.25, 0.3) is 5.91 Å². The number of para-hydroxylation sites is 1. The summed E-state index contributed by atoms with van der Waals surface area (Å²) in [6, 6.07) is 20.0. The summed E-state index contributed by atoms with van der Waals surface area (Å²) in [7, 11) is 0. The standard InChI is InChI=1S/C23H20N2O2/c26-21(24-15-13-16-6-1-2-10-19(16)24)12-5-14-25-20-11-4-8-17-7-3-9-18(22(17)20)23(25)27/h1-4,6-11H,5,12-15H2. The van der Waals surface area contributed by atoms with Crippen LogP contribution in [0.5, 0.6) is 0 Å². The maximum atomic E-state index is 12.8. The van der Waals surface area contributed by atoms with Crippen LogP contribution < -0.4 is 9.80 Å². The quantitative estimate of drug-likeness (QED) is 0.704. The lowest BCUT2D eigenvalue weighted by molar-refractivity contribution is -0.118. The molecule has 3 aromatic carbocycles. The predicted molar refractivity (Wildman–Crippen MR) is 107 cm³/mol. The maximum Gasteiger partial charge on any atom is 0.258 e. The molecule has 0 bridgehead atoms. The molecular weight excluding hydrogens is 336 g/mol. The third-order valence-electron chi connectivity index (χ3n) is 5.61. The van der Waals surface area contributed by atoms with Gasteiger partial charge in [-0.3, -0.25) is 9.59 Å². The highest BCUT2D eigenvalue weighted by Crippen LogP contribution is 2.37. The van der Waals surface area contributed by atoms with E-state index in [2.05, 4.69) is 6.07 Å². The van der Waals surface area contributed by atoms with E-state index < -0.39 is 0 Å². The predicted octanol–water partition coefficient (Wildman–Crippen LogP) is 4.17. The molecule has 3 aromatic rings. The Kier molecular flexibility index (Phi) is 3.71. The molecule has 0 fully saturated rings. The smallest absolute Gasteiger partial charge is 0.258 e. The van der Waals surface area contributed by atoms with E-state index in [1.54, 1.807) is 0 Å². The molecule has 27 heavy (non-hydrogen) atoms. The highest BCUT2D eigenvalue weighted by atomic mass is 16.2. The second kappa shape index (κ2) is 6.23. The van der Waals surface area contributed by atoms with Gasteiger partial charge in [0.05, 0.1) is 5.69 Å². The number of hydrogen-bond acceptors (Lipinski definition) is 2. The van der Waals surface area contributed by atoms with E-state index in [1.165, 1.54) is 5.56 Å². The molecule has 0 radical (unpaired) electrons. The second-order valence-corrected chi connectivity index (χ2v) is 7.17. The summed E-state index contributed by atoms with van der Waals surface area (Å²) in [4.78, 5) is 29.2. The minimum atomic E-state index is 0.0424. The van der Waals surface area contributed by atoms with Gasteiger partial charge in [0.2, 0.25) is 5.91 Å².